The molecule has 1 saturated heterocycles. The predicted molar refractivity (Wildman–Crippen MR) is 80.5 cm³/mol. The van der Waals surface area contributed by atoms with Crippen LogP contribution in [0.5, 0.6) is 0 Å². The van der Waals surface area contributed by atoms with E-state index in [-0.39, 0.29) is 24.0 Å². The minimum Gasteiger partial charge on any atom is -0.393 e. The number of aliphatic hydroxyl groups excluding tert-OH is 1. The Hall–Kier alpha value is -1.39. The number of nitrogens with zero attached hydrogens (tertiary/aromatic N) is 1. The Morgan fingerprint density at radius 1 is 1.45 bits per heavy atom. The van der Waals surface area contributed by atoms with Gasteiger partial charge in [-0.25, -0.2) is 0 Å². The van der Waals surface area contributed by atoms with E-state index in [1.807, 2.05) is 37.3 Å². The lowest BCUT2D eigenvalue weighted by molar-refractivity contribution is -0.122. The summed E-state index contributed by atoms with van der Waals surface area (Å²) in [5, 5.41) is 12.9. The second-order valence-corrected chi connectivity index (χ2v) is 5.55. The van der Waals surface area contributed by atoms with Crippen LogP contribution in [0.3, 0.4) is 0 Å². The molecule has 3 unspecified atom stereocenters. The second kappa shape index (κ2) is 6.86. The fourth-order valence-corrected chi connectivity index (χ4v) is 2.73. The summed E-state index contributed by atoms with van der Waals surface area (Å²) in [7, 11) is 0. The van der Waals surface area contributed by atoms with Gasteiger partial charge < -0.3 is 10.4 Å². The van der Waals surface area contributed by atoms with Gasteiger partial charge in [0.05, 0.1) is 12.1 Å². The van der Waals surface area contributed by atoms with Crippen molar-refractivity contribution >= 4 is 11.6 Å². The highest BCUT2D eigenvalue weighted by molar-refractivity contribution is 5.94. The number of carbonyl (C=O) groups excluding carboxylic acids is 1. The normalized spacial score (nSPS) is 25.1. The third-order valence-electron chi connectivity index (χ3n) is 4.22. The number of aliphatic hydroxyl groups is 1. The molecule has 20 heavy (non-hydrogen) atoms. The Morgan fingerprint density at radius 3 is 2.80 bits per heavy atom. The van der Waals surface area contributed by atoms with Crippen LogP contribution in [-0.4, -0.2) is 41.1 Å². The van der Waals surface area contributed by atoms with Crippen molar-refractivity contribution < 1.29 is 9.90 Å². The molecule has 0 bridgehead atoms. The lowest BCUT2D eigenvalue weighted by Gasteiger charge is -2.38. The van der Waals surface area contributed by atoms with Crippen LogP contribution < -0.4 is 5.32 Å². The van der Waals surface area contributed by atoms with E-state index in [9.17, 15) is 9.90 Å². The lowest BCUT2D eigenvalue weighted by Crippen LogP contribution is -2.50. The molecular formula is C16H24N2O2. The number of hydrogen-bond donors (Lipinski definition) is 2. The first-order valence-electron chi connectivity index (χ1n) is 7.39. The lowest BCUT2D eigenvalue weighted by atomic mass is 9.91. The van der Waals surface area contributed by atoms with Crippen molar-refractivity contribution in [1.29, 1.82) is 0 Å². The largest absolute Gasteiger partial charge is 0.393 e. The third kappa shape index (κ3) is 3.58. The number of likely N-dealkylation sites (tertiary alicyclic amines) is 1. The molecule has 4 heteroatoms. The SMILES string of the molecule is CCC1CN(C(C)C(=O)Nc2ccccc2)CCC1O. The number of piperidine rings is 1. The molecule has 0 radical (unpaired) electrons. The van der Waals surface area contributed by atoms with E-state index >= 15 is 0 Å². The number of hydrogen-bond acceptors (Lipinski definition) is 3. The molecule has 0 saturated carbocycles. The molecule has 110 valence electrons. The minimum absolute atomic E-state index is 0.0162. The fourth-order valence-electron chi connectivity index (χ4n) is 2.73. The summed E-state index contributed by atoms with van der Waals surface area (Å²) in [5.74, 6) is 0.290. The van der Waals surface area contributed by atoms with Gasteiger partial charge in [0.15, 0.2) is 0 Å². The molecular weight excluding hydrogens is 252 g/mol. The maximum absolute atomic E-state index is 12.3. The summed E-state index contributed by atoms with van der Waals surface area (Å²) in [5.41, 5.74) is 0.827. The smallest absolute Gasteiger partial charge is 0.241 e. The van der Waals surface area contributed by atoms with E-state index in [1.165, 1.54) is 0 Å². The molecule has 0 aliphatic carbocycles. The van der Waals surface area contributed by atoms with Crippen LogP contribution >= 0.6 is 0 Å². The third-order valence-corrected chi connectivity index (χ3v) is 4.22. The van der Waals surface area contributed by atoms with Gasteiger partial charge in [0, 0.05) is 18.8 Å². The molecule has 4 nitrogen and oxygen atoms in total. The maximum atomic E-state index is 12.3. The standard InChI is InChI=1S/C16H24N2O2/c1-3-13-11-18(10-9-15(13)19)12(2)16(20)17-14-7-5-4-6-8-14/h4-8,12-13,15,19H,3,9-11H2,1-2H3,(H,17,20). The van der Waals surface area contributed by atoms with Crippen LogP contribution in [0.25, 0.3) is 0 Å². The number of para-hydroxylation sites is 1. The average molecular weight is 276 g/mol. The summed E-state index contributed by atoms with van der Waals surface area (Å²) in [6.45, 7) is 5.59. The van der Waals surface area contributed by atoms with E-state index in [1.54, 1.807) is 0 Å². The zero-order valence-corrected chi connectivity index (χ0v) is 12.2. The topological polar surface area (TPSA) is 52.6 Å². The number of carbonyl (C=O) groups is 1. The zero-order valence-electron chi connectivity index (χ0n) is 12.2. The molecule has 1 fully saturated rings. The first kappa shape index (κ1) is 15.0. The minimum atomic E-state index is -0.222. The summed E-state index contributed by atoms with van der Waals surface area (Å²) in [4.78, 5) is 14.4. The zero-order chi connectivity index (χ0) is 14.5. The summed E-state index contributed by atoms with van der Waals surface area (Å²) < 4.78 is 0. The summed E-state index contributed by atoms with van der Waals surface area (Å²) in [6.07, 6.45) is 1.48. The summed E-state index contributed by atoms with van der Waals surface area (Å²) in [6, 6.07) is 9.35. The van der Waals surface area contributed by atoms with E-state index in [2.05, 4.69) is 17.1 Å². The number of rotatable bonds is 4. The van der Waals surface area contributed by atoms with Gasteiger partial charge in [0.25, 0.3) is 0 Å². The number of nitrogens with one attached hydrogen (secondary N) is 1. The van der Waals surface area contributed by atoms with Crippen molar-refractivity contribution in [3.8, 4) is 0 Å². The molecule has 1 aliphatic heterocycles. The number of benzene rings is 1. The van der Waals surface area contributed by atoms with Crippen molar-refractivity contribution in [2.75, 3.05) is 18.4 Å². The Labute approximate surface area is 120 Å². The van der Waals surface area contributed by atoms with E-state index in [0.717, 1.165) is 31.6 Å². The molecule has 2 N–H and O–H groups in total. The van der Waals surface area contributed by atoms with Crippen molar-refractivity contribution in [3.05, 3.63) is 30.3 Å². The summed E-state index contributed by atoms with van der Waals surface area (Å²) >= 11 is 0. The molecule has 1 aromatic carbocycles. The van der Waals surface area contributed by atoms with Crippen molar-refractivity contribution in [2.45, 2.75) is 38.8 Å². The van der Waals surface area contributed by atoms with Crippen LogP contribution in [0.4, 0.5) is 5.69 Å². The first-order chi connectivity index (χ1) is 9.61. The van der Waals surface area contributed by atoms with E-state index < -0.39 is 0 Å². The van der Waals surface area contributed by atoms with Gasteiger partial charge in [-0.15, -0.1) is 0 Å². The molecule has 0 aromatic heterocycles. The highest BCUT2D eigenvalue weighted by atomic mass is 16.3. The van der Waals surface area contributed by atoms with Gasteiger partial charge in [0.2, 0.25) is 5.91 Å². The van der Waals surface area contributed by atoms with Gasteiger partial charge in [-0.05, 0) is 37.8 Å². The Balaban J connectivity index is 1.93. The van der Waals surface area contributed by atoms with Crippen LogP contribution in [0, 0.1) is 5.92 Å². The fraction of sp³-hybridized carbons (Fsp3) is 0.562. The van der Waals surface area contributed by atoms with Crippen molar-refractivity contribution in [1.82, 2.24) is 4.90 Å². The Bertz CT molecular complexity index is 435. The highest BCUT2D eigenvalue weighted by Crippen LogP contribution is 2.22. The predicted octanol–water partition coefficient (Wildman–Crippen LogP) is 2.11. The number of anilines is 1. The maximum Gasteiger partial charge on any atom is 0.241 e. The molecule has 1 aliphatic rings. The quantitative estimate of drug-likeness (QED) is 0.885. The van der Waals surface area contributed by atoms with Crippen molar-refractivity contribution in [2.24, 2.45) is 5.92 Å². The van der Waals surface area contributed by atoms with Crippen LogP contribution in [0.1, 0.15) is 26.7 Å². The van der Waals surface area contributed by atoms with Crippen molar-refractivity contribution in [3.63, 3.8) is 0 Å². The molecule has 1 heterocycles. The van der Waals surface area contributed by atoms with E-state index in [4.69, 9.17) is 0 Å². The van der Waals surface area contributed by atoms with Crippen LogP contribution in [-0.2, 0) is 4.79 Å². The second-order valence-electron chi connectivity index (χ2n) is 5.55. The average Bonchev–Trinajstić information content (AvgIpc) is 2.48. The van der Waals surface area contributed by atoms with Gasteiger partial charge in [-0.1, -0.05) is 25.1 Å². The number of amides is 1. The van der Waals surface area contributed by atoms with Crippen LogP contribution in [0.15, 0.2) is 30.3 Å². The van der Waals surface area contributed by atoms with Crippen LogP contribution in [0.2, 0.25) is 0 Å². The van der Waals surface area contributed by atoms with Gasteiger partial charge in [0.1, 0.15) is 0 Å². The molecule has 0 spiro atoms. The molecule has 1 amide bonds. The Kier molecular flexibility index (Phi) is 5.15. The van der Waals surface area contributed by atoms with Gasteiger partial charge in [-0.3, -0.25) is 9.69 Å². The van der Waals surface area contributed by atoms with Gasteiger partial charge >= 0.3 is 0 Å². The monoisotopic (exact) mass is 276 g/mol. The first-order valence-corrected chi connectivity index (χ1v) is 7.39. The molecule has 3 atom stereocenters. The Morgan fingerprint density at radius 2 is 2.15 bits per heavy atom. The molecule has 1 aromatic rings. The van der Waals surface area contributed by atoms with E-state index in [0.29, 0.717) is 0 Å². The highest BCUT2D eigenvalue weighted by Gasteiger charge is 2.31. The molecule has 2 rings (SSSR count). The van der Waals surface area contributed by atoms with Gasteiger partial charge in [-0.2, -0.15) is 0 Å².